The SMILES string of the molecule is CCOC1CCCN(C(=O)OC(C)(C)C)C1. The average molecular weight is 229 g/mol. The zero-order chi connectivity index (χ0) is 12.2. The summed E-state index contributed by atoms with van der Waals surface area (Å²) in [5.41, 5.74) is -0.421. The van der Waals surface area contributed by atoms with Gasteiger partial charge in [-0.25, -0.2) is 4.79 Å². The summed E-state index contributed by atoms with van der Waals surface area (Å²) in [6.07, 6.45) is 1.97. The van der Waals surface area contributed by atoms with Gasteiger partial charge >= 0.3 is 6.09 Å². The minimum absolute atomic E-state index is 0.172. The molecule has 1 atom stereocenters. The standard InChI is InChI=1S/C12H23NO3/c1-5-15-10-7-6-8-13(9-10)11(14)16-12(2,3)4/h10H,5-9H2,1-4H3. The number of nitrogens with zero attached hydrogens (tertiary/aromatic N) is 1. The predicted molar refractivity (Wildman–Crippen MR) is 62.5 cm³/mol. The Bertz CT molecular complexity index is 233. The first kappa shape index (κ1) is 13.3. The van der Waals surface area contributed by atoms with E-state index >= 15 is 0 Å². The molecule has 0 aromatic rings. The van der Waals surface area contributed by atoms with Crippen LogP contribution in [0.1, 0.15) is 40.5 Å². The van der Waals surface area contributed by atoms with Gasteiger partial charge in [0.15, 0.2) is 0 Å². The van der Waals surface area contributed by atoms with Crippen molar-refractivity contribution < 1.29 is 14.3 Å². The lowest BCUT2D eigenvalue weighted by molar-refractivity contribution is -0.0170. The predicted octanol–water partition coefficient (Wildman–Crippen LogP) is 2.42. The molecular weight excluding hydrogens is 206 g/mol. The molecule has 0 spiro atoms. The zero-order valence-electron chi connectivity index (χ0n) is 10.8. The van der Waals surface area contributed by atoms with Crippen molar-refractivity contribution in [3.8, 4) is 0 Å². The Balaban J connectivity index is 2.44. The van der Waals surface area contributed by atoms with Gasteiger partial charge in [-0.2, -0.15) is 0 Å². The summed E-state index contributed by atoms with van der Waals surface area (Å²) in [6.45, 7) is 9.76. The van der Waals surface area contributed by atoms with Crippen LogP contribution in [0.25, 0.3) is 0 Å². The summed E-state index contributed by atoms with van der Waals surface area (Å²) >= 11 is 0. The maximum Gasteiger partial charge on any atom is 0.410 e. The van der Waals surface area contributed by atoms with Crippen LogP contribution < -0.4 is 0 Å². The van der Waals surface area contributed by atoms with E-state index in [1.54, 1.807) is 4.90 Å². The monoisotopic (exact) mass is 229 g/mol. The molecule has 1 aliphatic heterocycles. The van der Waals surface area contributed by atoms with Crippen LogP contribution in [-0.2, 0) is 9.47 Å². The molecule has 0 N–H and O–H groups in total. The summed E-state index contributed by atoms with van der Waals surface area (Å²) in [5.74, 6) is 0. The molecule has 1 aliphatic rings. The normalized spacial score (nSPS) is 22.0. The van der Waals surface area contributed by atoms with Crippen molar-refractivity contribution in [1.29, 1.82) is 0 Å². The van der Waals surface area contributed by atoms with Crippen molar-refractivity contribution in [2.24, 2.45) is 0 Å². The van der Waals surface area contributed by atoms with Gasteiger partial charge in [-0.15, -0.1) is 0 Å². The molecule has 1 amide bonds. The molecule has 1 saturated heterocycles. The second kappa shape index (κ2) is 5.53. The fraction of sp³-hybridized carbons (Fsp3) is 0.917. The summed E-state index contributed by atoms with van der Waals surface area (Å²) in [5, 5.41) is 0. The Labute approximate surface area is 97.9 Å². The maximum atomic E-state index is 11.8. The molecule has 1 rings (SSSR count). The van der Waals surface area contributed by atoms with Crippen LogP contribution in [-0.4, -0.2) is 42.4 Å². The van der Waals surface area contributed by atoms with Crippen LogP contribution in [0.3, 0.4) is 0 Å². The Morgan fingerprint density at radius 2 is 2.12 bits per heavy atom. The number of hydrogen-bond donors (Lipinski definition) is 0. The van der Waals surface area contributed by atoms with Gasteiger partial charge in [0.05, 0.1) is 12.6 Å². The van der Waals surface area contributed by atoms with Gasteiger partial charge in [0, 0.05) is 13.2 Å². The number of carbonyl (C=O) groups excluding carboxylic acids is 1. The topological polar surface area (TPSA) is 38.8 Å². The molecule has 1 fully saturated rings. The number of amides is 1. The van der Waals surface area contributed by atoms with E-state index in [9.17, 15) is 4.79 Å². The Morgan fingerprint density at radius 3 is 2.69 bits per heavy atom. The highest BCUT2D eigenvalue weighted by Gasteiger charge is 2.27. The third-order valence-corrected chi connectivity index (χ3v) is 2.43. The molecule has 16 heavy (non-hydrogen) atoms. The Hall–Kier alpha value is -0.770. The highest BCUT2D eigenvalue weighted by molar-refractivity contribution is 5.68. The highest BCUT2D eigenvalue weighted by Crippen LogP contribution is 2.16. The van der Waals surface area contributed by atoms with Crippen molar-refractivity contribution in [1.82, 2.24) is 4.90 Å². The van der Waals surface area contributed by atoms with Crippen molar-refractivity contribution in [3.63, 3.8) is 0 Å². The summed E-state index contributed by atoms with van der Waals surface area (Å²) < 4.78 is 10.9. The minimum Gasteiger partial charge on any atom is -0.444 e. The fourth-order valence-corrected chi connectivity index (χ4v) is 1.80. The number of hydrogen-bond acceptors (Lipinski definition) is 3. The van der Waals surface area contributed by atoms with Gasteiger partial charge in [0.25, 0.3) is 0 Å². The van der Waals surface area contributed by atoms with Crippen LogP contribution >= 0.6 is 0 Å². The summed E-state index contributed by atoms with van der Waals surface area (Å²) in [4.78, 5) is 13.6. The second-order valence-corrected chi connectivity index (χ2v) is 5.15. The molecule has 0 aromatic carbocycles. The second-order valence-electron chi connectivity index (χ2n) is 5.15. The van der Waals surface area contributed by atoms with Gasteiger partial charge < -0.3 is 14.4 Å². The van der Waals surface area contributed by atoms with Crippen molar-refractivity contribution in [3.05, 3.63) is 0 Å². The van der Waals surface area contributed by atoms with E-state index in [4.69, 9.17) is 9.47 Å². The van der Waals surface area contributed by atoms with E-state index in [2.05, 4.69) is 0 Å². The molecule has 0 aliphatic carbocycles. The summed E-state index contributed by atoms with van der Waals surface area (Å²) in [6, 6.07) is 0. The first-order valence-electron chi connectivity index (χ1n) is 6.02. The van der Waals surface area contributed by atoms with Gasteiger partial charge in [-0.3, -0.25) is 0 Å². The molecule has 0 saturated carbocycles. The van der Waals surface area contributed by atoms with Crippen molar-refractivity contribution in [2.45, 2.75) is 52.2 Å². The zero-order valence-corrected chi connectivity index (χ0v) is 10.8. The van der Waals surface area contributed by atoms with Gasteiger partial charge in [-0.05, 0) is 40.5 Å². The third-order valence-electron chi connectivity index (χ3n) is 2.43. The Kier molecular flexibility index (Phi) is 4.59. The van der Waals surface area contributed by atoms with Gasteiger partial charge in [0.1, 0.15) is 5.60 Å². The third kappa shape index (κ3) is 4.39. The van der Waals surface area contributed by atoms with Crippen LogP contribution in [0.4, 0.5) is 4.79 Å². The first-order chi connectivity index (χ1) is 7.42. The lowest BCUT2D eigenvalue weighted by Crippen LogP contribution is -2.45. The van der Waals surface area contributed by atoms with Crippen LogP contribution in [0.15, 0.2) is 0 Å². The molecule has 0 aromatic heterocycles. The molecule has 4 nitrogen and oxygen atoms in total. The Morgan fingerprint density at radius 1 is 1.44 bits per heavy atom. The van der Waals surface area contributed by atoms with E-state index in [1.807, 2.05) is 27.7 Å². The first-order valence-corrected chi connectivity index (χ1v) is 6.02. The quantitative estimate of drug-likeness (QED) is 0.730. The fourth-order valence-electron chi connectivity index (χ4n) is 1.80. The summed E-state index contributed by atoms with van der Waals surface area (Å²) in [7, 11) is 0. The number of ether oxygens (including phenoxy) is 2. The smallest absolute Gasteiger partial charge is 0.410 e. The van der Waals surface area contributed by atoms with Crippen LogP contribution in [0.5, 0.6) is 0 Å². The molecular formula is C12H23NO3. The van der Waals surface area contributed by atoms with Gasteiger partial charge in [-0.1, -0.05) is 0 Å². The molecule has 4 heteroatoms. The molecule has 0 radical (unpaired) electrons. The minimum atomic E-state index is -0.421. The van der Waals surface area contributed by atoms with E-state index in [-0.39, 0.29) is 12.2 Å². The highest BCUT2D eigenvalue weighted by atomic mass is 16.6. The number of carbonyl (C=O) groups is 1. The van der Waals surface area contributed by atoms with E-state index in [1.165, 1.54) is 0 Å². The lowest BCUT2D eigenvalue weighted by atomic mass is 10.1. The largest absolute Gasteiger partial charge is 0.444 e. The lowest BCUT2D eigenvalue weighted by Gasteiger charge is -2.33. The van der Waals surface area contributed by atoms with E-state index in [0.717, 1.165) is 19.4 Å². The number of rotatable bonds is 2. The van der Waals surface area contributed by atoms with Gasteiger partial charge in [0.2, 0.25) is 0 Å². The molecule has 94 valence electrons. The maximum absolute atomic E-state index is 11.8. The number of piperidine rings is 1. The van der Waals surface area contributed by atoms with E-state index < -0.39 is 5.60 Å². The van der Waals surface area contributed by atoms with Crippen LogP contribution in [0.2, 0.25) is 0 Å². The average Bonchev–Trinajstić information content (AvgIpc) is 2.16. The molecule has 1 heterocycles. The van der Waals surface area contributed by atoms with Crippen molar-refractivity contribution in [2.75, 3.05) is 19.7 Å². The van der Waals surface area contributed by atoms with E-state index in [0.29, 0.717) is 13.2 Å². The molecule has 0 bridgehead atoms. The molecule has 1 unspecified atom stereocenters. The number of likely N-dealkylation sites (tertiary alicyclic amines) is 1. The van der Waals surface area contributed by atoms with Crippen molar-refractivity contribution >= 4 is 6.09 Å². The van der Waals surface area contributed by atoms with Crippen LogP contribution in [0, 0.1) is 0 Å².